The molecular formula is C17H23N7O3. The topological polar surface area (TPSA) is 98.5 Å². The minimum Gasteiger partial charge on any atom is -0.403 e. The van der Waals surface area contributed by atoms with E-state index in [1.165, 1.54) is 23.2 Å². The van der Waals surface area contributed by atoms with E-state index in [0.29, 0.717) is 25.1 Å². The number of anilines is 2. The van der Waals surface area contributed by atoms with Gasteiger partial charge in [0.2, 0.25) is 17.8 Å². The highest BCUT2D eigenvalue weighted by Crippen LogP contribution is 2.23. The molecule has 2 aromatic heterocycles. The molecule has 4 heterocycles. The van der Waals surface area contributed by atoms with Gasteiger partial charge in [0, 0.05) is 45.4 Å². The van der Waals surface area contributed by atoms with E-state index in [1.807, 2.05) is 0 Å². The number of ether oxygens (including phenoxy) is 2. The Bertz CT molecular complexity index is 808. The summed E-state index contributed by atoms with van der Waals surface area (Å²) in [4.78, 5) is 29.4. The van der Waals surface area contributed by atoms with Crippen molar-refractivity contribution in [2.75, 3.05) is 49.2 Å². The standard InChI is InChI=1S/C17H23N7O3/c1-22-14(25)6-5-13(21-22)27-17-19-15(23-7-3-2-4-8-23)18-16(20-17)24-9-11-26-12-10-24/h5-6H,2-4,7-12H2,1H3. The zero-order valence-corrected chi connectivity index (χ0v) is 15.4. The normalized spacial score (nSPS) is 17.8. The van der Waals surface area contributed by atoms with Crippen LogP contribution in [0.25, 0.3) is 0 Å². The number of hydrogen-bond acceptors (Lipinski definition) is 9. The van der Waals surface area contributed by atoms with Gasteiger partial charge < -0.3 is 19.3 Å². The molecule has 0 radical (unpaired) electrons. The smallest absolute Gasteiger partial charge is 0.330 e. The number of nitrogens with zero attached hydrogens (tertiary/aromatic N) is 7. The number of piperidine rings is 1. The van der Waals surface area contributed by atoms with Crippen molar-refractivity contribution in [1.82, 2.24) is 24.7 Å². The summed E-state index contributed by atoms with van der Waals surface area (Å²) in [5, 5.41) is 4.09. The molecule has 10 nitrogen and oxygen atoms in total. The van der Waals surface area contributed by atoms with Crippen LogP contribution in [-0.2, 0) is 11.8 Å². The van der Waals surface area contributed by atoms with Gasteiger partial charge >= 0.3 is 6.01 Å². The van der Waals surface area contributed by atoms with Gasteiger partial charge in [0.25, 0.3) is 5.56 Å². The van der Waals surface area contributed by atoms with Gasteiger partial charge in [0.15, 0.2) is 0 Å². The number of aryl methyl sites for hydroxylation is 1. The Morgan fingerprint density at radius 1 is 0.926 bits per heavy atom. The number of hydrogen-bond donors (Lipinski definition) is 0. The van der Waals surface area contributed by atoms with E-state index in [9.17, 15) is 4.79 Å². The monoisotopic (exact) mass is 373 g/mol. The summed E-state index contributed by atoms with van der Waals surface area (Å²) in [6.07, 6.45) is 3.47. The van der Waals surface area contributed by atoms with Crippen molar-refractivity contribution >= 4 is 11.9 Å². The van der Waals surface area contributed by atoms with Crippen molar-refractivity contribution in [3.8, 4) is 11.9 Å². The lowest BCUT2D eigenvalue weighted by Gasteiger charge is -2.30. The molecule has 2 saturated heterocycles. The maximum Gasteiger partial charge on any atom is 0.330 e. The van der Waals surface area contributed by atoms with E-state index < -0.39 is 0 Å². The molecule has 144 valence electrons. The zero-order valence-electron chi connectivity index (χ0n) is 15.4. The predicted molar refractivity (Wildman–Crippen MR) is 98.5 cm³/mol. The summed E-state index contributed by atoms with van der Waals surface area (Å²) in [7, 11) is 1.57. The Morgan fingerprint density at radius 3 is 2.26 bits per heavy atom. The third kappa shape index (κ3) is 4.16. The second-order valence-electron chi connectivity index (χ2n) is 6.60. The molecule has 0 atom stereocenters. The highest BCUT2D eigenvalue weighted by atomic mass is 16.5. The molecule has 0 saturated carbocycles. The fraction of sp³-hybridized carbons (Fsp3) is 0.588. The van der Waals surface area contributed by atoms with Gasteiger partial charge in [-0.3, -0.25) is 4.79 Å². The second-order valence-corrected chi connectivity index (χ2v) is 6.60. The first kappa shape index (κ1) is 17.7. The van der Waals surface area contributed by atoms with E-state index in [1.54, 1.807) is 7.05 Å². The van der Waals surface area contributed by atoms with E-state index in [0.717, 1.165) is 39.0 Å². The molecule has 0 aromatic carbocycles. The first-order chi connectivity index (χ1) is 13.2. The highest BCUT2D eigenvalue weighted by Gasteiger charge is 2.21. The zero-order chi connectivity index (χ0) is 18.6. The largest absolute Gasteiger partial charge is 0.403 e. The molecule has 0 bridgehead atoms. The van der Waals surface area contributed by atoms with Crippen molar-refractivity contribution in [1.29, 1.82) is 0 Å². The van der Waals surface area contributed by atoms with Crippen molar-refractivity contribution < 1.29 is 9.47 Å². The van der Waals surface area contributed by atoms with Crippen LogP contribution < -0.4 is 20.1 Å². The van der Waals surface area contributed by atoms with Crippen LogP contribution in [0.5, 0.6) is 11.9 Å². The van der Waals surface area contributed by atoms with Crippen LogP contribution in [0.3, 0.4) is 0 Å². The number of morpholine rings is 1. The molecule has 2 aromatic rings. The average molecular weight is 373 g/mol. The van der Waals surface area contributed by atoms with Crippen LogP contribution in [0.15, 0.2) is 16.9 Å². The molecule has 4 rings (SSSR count). The summed E-state index contributed by atoms with van der Waals surface area (Å²) in [6, 6.07) is 3.09. The van der Waals surface area contributed by atoms with Gasteiger partial charge in [-0.05, 0) is 19.3 Å². The molecular weight excluding hydrogens is 350 g/mol. The summed E-state index contributed by atoms with van der Waals surface area (Å²) < 4.78 is 12.4. The van der Waals surface area contributed by atoms with Gasteiger partial charge in [0.05, 0.1) is 13.2 Å². The van der Waals surface area contributed by atoms with E-state index in [2.05, 4.69) is 29.9 Å². The predicted octanol–water partition coefficient (Wildman–Crippen LogP) is 0.584. The van der Waals surface area contributed by atoms with Gasteiger partial charge in [-0.2, -0.15) is 15.0 Å². The lowest BCUT2D eigenvalue weighted by atomic mass is 10.1. The second kappa shape index (κ2) is 7.87. The number of aromatic nitrogens is 5. The molecule has 0 spiro atoms. The minimum absolute atomic E-state index is 0.179. The van der Waals surface area contributed by atoms with Crippen molar-refractivity contribution in [3.05, 3.63) is 22.5 Å². The fourth-order valence-electron chi connectivity index (χ4n) is 3.15. The number of rotatable bonds is 4. The van der Waals surface area contributed by atoms with Gasteiger partial charge in [-0.25, -0.2) is 4.68 Å². The molecule has 27 heavy (non-hydrogen) atoms. The van der Waals surface area contributed by atoms with E-state index >= 15 is 0 Å². The van der Waals surface area contributed by atoms with Crippen molar-refractivity contribution in [3.63, 3.8) is 0 Å². The molecule has 2 aliphatic heterocycles. The fourth-order valence-corrected chi connectivity index (χ4v) is 3.15. The maximum atomic E-state index is 11.5. The van der Waals surface area contributed by atoms with Gasteiger partial charge in [-0.15, -0.1) is 5.10 Å². The van der Waals surface area contributed by atoms with Crippen LogP contribution in [0.2, 0.25) is 0 Å². The molecule has 0 unspecified atom stereocenters. The quantitative estimate of drug-likeness (QED) is 0.762. The molecule has 2 aliphatic rings. The third-order valence-corrected chi connectivity index (χ3v) is 4.66. The lowest BCUT2D eigenvalue weighted by molar-refractivity contribution is 0.122. The first-order valence-corrected chi connectivity index (χ1v) is 9.25. The van der Waals surface area contributed by atoms with Crippen LogP contribution in [0.4, 0.5) is 11.9 Å². The Balaban J connectivity index is 1.65. The van der Waals surface area contributed by atoms with Crippen molar-refractivity contribution in [2.45, 2.75) is 19.3 Å². The van der Waals surface area contributed by atoms with Crippen LogP contribution in [0, 0.1) is 0 Å². The van der Waals surface area contributed by atoms with Gasteiger partial charge in [0.1, 0.15) is 0 Å². The van der Waals surface area contributed by atoms with Crippen LogP contribution in [0.1, 0.15) is 19.3 Å². The summed E-state index contributed by atoms with van der Waals surface area (Å²) in [5.74, 6) is 1.46. The molecule has 0 N–H and O–H groups in total. The highest BCUT2D eigenvalue weighted by molar-refractivity contribution is 5.41. The Hall–Kier alpha value is -2.75. The average Bonchev–Trinajstić information content (AvgIpc) is 2.72. The third-order valence-electron chi connectivity index (χ3n) is 4.66. The van der Waals surface area contributed by atoms with Gasteiger partial charge in [-0.1, -0.05) is 0 Å². The summed E-state index contributed by atoms with van der Waals surface area (Å²) >= 11 is 0. The molecule has 2 fully saturated rings. The summed E-state index contributed by atoms with van der Waals surface area (Å²) in [5.41, 5.74) is -0.207. The molecule has 0 amide bonds. The molecule has 0 aliphatic carbocycles. The Morgan fingerprint density at radius 2 is 1.59 bits per heavy atom. The lowest BCUT2D eigenvalue weighted by Crippen LogP contribution is -2.38. The SMILES string of the molecule is Cn1nc(Oc2nc(N3CCCCC3)nc(N3CCOCC3)n2)ccc1=O. The minimum atomic E-state index is -0.207. The first-order valence-electron chi connectivity index (χ1n) is 9.25. The van der Waals surface area contributed by atoms with Crippen LogP contribution >= 0.6 is 0 Å². The Kier molecular flexibility index (Phi) is 5.14. The van der Waals surface area contributed by atoms with E-state index in [-0.39, 0.29) is 17.4 Å². The van der Waals surface area contributed by atoms with Crippen molar-refractivity contribution in [2.24, 2.45) is 7.05 Å². The molecule has 10 heteroatoms. The maximum absolute atomic E-state index is 11.5. The Labute approximate surface area is 156 Å². The van der Waals surface area contributed by atoms with E-state index in [4.69, 9.17) is 9.47 Å². The van der Waals surface area contributed by atoms with Crippen LogP contribution in [-0.4, -0.2) is 64.1 Å². The summed E-state index contributed by atoms with van der Waals surface area (Å²) in [6.45, 7) is 4.57.